The van der Waals surface area contributed by atoms with Crippen LogP contribution in [0.1, 0.15) is 19.3 Å². The van der Waals surface area contributed by atoms with Crippen molar-refractivity contribution in [2.24, 2.45) is 14.1 Å². The van der Waals surface area contributed by atoms with Crippen molar-refractivity contribution in [3.8, 4) is 0 Å². The predicted molar refractivity (Wildman–Crippen MR) is 66.8 cm³/mol. The monoisotopic (exact) mass is 254 g/mol. The Kier molecular flexibility index (Phi) is 3.51. The van der Waals surface area contributed by atoms with Crippen molar-refractivity contribution in [3.05, 3.63) is 20.8 Å². The first-order valence-corrected chi connectivity index (χ1v) is 5.98. The Morgan fingerprint density at radius 3 is 2.72 bits per heavy atom. The molecule has 100 valence electrons. The van der Waals surface area contributed by atoms with Crippen LogP contribution in [-0.2, 0) is 18.8 Å². The Balaban J connectivity index is 2.30. The minimum atomic E-state index is -0.430. The van der Waals surface area contributed by atoms with E-state index in [4.69, 9.17) is 4.74 Å². The first-order chi connectivity index (χ1) is 8.54. The lowest BCUT2D eigenvalue weighted by Crippen LogP contribution is -2.42. The molecule has 1 saturated carbocycles. The van der Waals surface area contributed by atoms with E-state index in [1.807, 2.05) is 0 Å². The third-order valence-electron chi connectivity index (χ3n) is 3.40. The largest absolute Gasteiger partial charge is 0.379 e. The van der Waals surface area contributed by atoms with Crippen LogP contribution in [0.3, 0.4) is 0 Å². The van der Waals surface area contributed by atoms with E-state index in [2.05, 4.69) is 10.4 Å². The molecule has 0 aromatic carbocycles. The average molecular weight is 254 g/mol. The molecule has 1 aliphatic carbocycles. The van der Waals surface area contributed by atoms with Gasteiger partial charge in [-0.05, 0) is 19.3 Å². The molecule has 1 aromatic heterocycles. The van der Waals surface area contributed by atoms with Gasteiger partial charge in [0, 0.05) is 21.2 Å². The van der Waals surface area contributed by atoms with Gasteiger partial charge in [-0.2, -0.15) is 0 Å². The van der Waals surface area contributed by atoms with Gasteiger partial charge in [0.1, 0.15) is 0 Å². The molecule has 7 heteroatoms. The highest BCUT2D eigenvalue weighted by molar-refractivity contribution is 5.32. The van der Waals surface area contributed by atoms with Gasteiger partial charge >= 0.3 is 5.69 Å². The molecule has 2 rings (SSSR count). The number of anilines is 1. The molecule has 1 aromatic rings. The van der Waals surface area contributed by atoms with Crippen LogP contribution >= 0.6 is 0 Å². The molecule has 1 heterocycles. The molecule has 0 aliphatic heterocycles. The number of ether oxygens (including phenoxy) is 1. The van der Waals surface area contributed by atoms with Crippen LogP contribution in [0.15, 0.2) is 9.59 Å². The van der Waals surface area contributed by atoms with Crippen LogP contribution in [0.4, 0.5) is 5.82 Å². The van der Waals surface area contributed by atoms with Crippen LogP contribution in [0.25, 0.3) is 0 Å². The molecular formula is C11H18N4O3. The number of aromatic nitrogens is 3. The molecule has 2 atom stereocenters. The molecular weight excluding hydrogens is 236 g/mol. The summed E-state index contributed by atoms with van der Waals surface area (Å²) < 4.78 is 7.55. The zero-order chi connectivity index (χ0) is 13.3. The second-order valence-electron chi connectivity index (χ2n) is 4.57. The maximum Gasteiger partial charge on any atom is 0.346 e. The molecule has 0 bridgehead atoms. The van der Waals surface area contributed by atoms with E-state index in [1.165, 1.54) is 14.1 Å². The zero-order valence-electron chi connectivity index (χ0n) is 10.8. The number of nitrogens with zero attached hydrogens (tertiary/aromatic N) is 3. The van der Waals surface area contributed by atoms with Crippen LogP contribution in [0, 0.1) is 0 Å². The van der Waals surface area contributed by atoms with Crippen molar-refractivity contribution in [1.82, 2.24) is 14.3 Å². The fourth-order valence-electron chi connectivity index (χ4n) is 2.34. The number of aryl methyl sites for hydroxylation is 1. The zero-order valence-corrected chi connectivity index (χ0v) is 10.8. The van der Waals surface area contributed by atoms with E-state index < -0.39 is 11.2 Å². The van der Waals surface area contributed by atoms with Crippen LogP contribution in [0.5, 0.6) is 0 Å². The second-order valence-corrected chi connectivity index (χ2v) is 4.57. The average Bonchev–Trinajstić information content (AvgIpc) is 2.80. The van der Waals surface area contributed by atoms with Gasteiger partial charge in [-0.25, -0.2) is 9.48 Å². The number of nitrogens with one attached hydrogen (secondary N) is 1. The molecule has 1 N–H and O–H groups in total. The summed E-state index contributed by atoms with van der Waals surface area (Å²) in [5.41, 5.74) is -0.833. The number of methoxy groups -OCH3 is 1. The Morgan fingerprint density at radius 1 is 1.33 bits per heavy atom. The normalized spacial score (nSPS) is 23.3. The van der Waals surface area contributed by atoms with Gasteiger partial charge < -0.3 is 10.1 Å². The van der Waals surface area contributed by atoms with Crippen molar-refractivity contribution >= 4 is 5.82 Å². The maximum atomic E-state index is 11.9. The minimum absolute atomic E-state index is 0.0766. The molecule has 0 radical (unpaired) electrons. The first-order valence-electron chi connectivity index (χ1n) is 5.98. The lowest BCUT2D eigenvalue weighted by atomic mass is 10.2. The Bertz CT molecular complexity index is 548. The van der Waals surface area contributed by atoms with Gasteiger partial charge in [-0.1, -0.05) is 0 Å². The number of rotatable bonds is 3. The lowest BCUT2D eigenvalue weighted by molar-refractivity contribution is 0.101. The van der Waals surface area contributed by atoms with E-state index in [9.17, 15) is 9.59 Å². The summed E-state index contributed by atoms with van der Waals surface area (Å²) in [5.74, 6) is 0.202. The molecule has 1 fully saturated rings. The smallest absolute Gasteiger partial charge is 0.346 e. The van der Waals surface area contributed by atoms with Crippen molar-refractivity contribution in [3.63, 3.8) is 0 Å². The maximum absolute atomic E-state index is 11.9. The number of hydrogen-bond donors (Lipinski definition) is 1. The second kappa shape index (κ2) is 4.93. The van der Waals surface area contributed by atoms with Gasteiger partial charge in [0.25, 0.3) is 5.56 Å². The molecule has 0 saturated heterocycles. The molecule has 18 heavy (non-hydrogen) atoms. The highest BCUT2D eigenvalue weighted by Gasteiger charge is 2.28. The van der Waals surface area contributed by atoms with Gasteiger partial charge in [0.2, 0.25) is 5.82 Å². The molecule has 1 aliphatic rings. The van der Waals surface area contributed by atoms with Gasteiger partial charge in [0.05, 0.1) is 12.1 Å². The molecule has 2 unspecified atom stereocenters. The fraction of sp³-hybridized carbons (Fsp3) is 0.727. The highest BCUT2D eigenvalue weighted by atomic mass is 16.5. The summed E-state index contributed by atoms with van der Waals surface area (Å²) in [7, 11) is 4.63. The molecule has 0 spiro atoms. The van der Waals surface area contributed by atoms with Crippen LogP contribution < -0.4 is 16.6 Å². The fourth-order valence-corrected chi connectivity index (χ4v) is 2.34. The van der Waals surface area contributed by atoms with E-state index in [-0.39, 0.29) is 18.0 Å². The van der Waals surface area contributed by atoms with Crippen molar-refractivity contribution in [2.75, 3.05) is 12.4 Å². The van der Waals surface area contributed by atoms with E-state index in [0.717, 1.165) is 28.5 Å². The molecule has 7 nitrogen and oxygen atoms in total. The topological polar surface area (TPSA) is 78.2 Å². The summed E-state index contributed by atoms with van der Waals surface area (Å²) in [6.45, 7) is 0. The summed E-state index contributed by atoms with van der Waals surface area (Å²) in [5, 5.41) is 7.06. The standard InChI is InChI=1S/C11H18N4O3/c1-14-10(16)9(13-15(2)11(14)17)12-7-5-4-6-8(7)18-3/h7-8H,4-6H2,1-3H3,(H,12,13). The Labute approximate surface area is 104 Å². The Hall–Kier alpha value is -1.63. The summed E-state index contributed by atoms with van der Waals surface area (Å²) in [6, 6.07) is 0.0766. The number of hydrogen-bond acceptors (Lipinski definition) is 5. The van der Waals surface area contributed by atoms with Crippen molar-refractivity contribution in [2.45, 2.75) is 31.4 Å². The lowest BCUT2D eigenvalue weighted by Gasteiger charge is -2.20. The summed E-state index contributed by atoms with van der Waals surface area (Å²) in [4.78, 5) is 23.4. The van der Waals surface area contributed by atoms with E-state index in [0.29, 0.717) is 0 Å². The van der Waals surface area contributed by atoms with Crippen molar-refractivity contribution in [1.29, 1.82) is 0 Å². The van der Waals surface area contributed by atoms with E-state index >= 15 is 0 Å². The third-order valence-corrected chi connectivity index (χ3v) is 3.40. The summed E-state index contributed by atoms with van der Waals surface area (Å²) in [6.07, 6.45) is 3.06. The third kappa shape index (κ3) is 2.17. The quantitative estimate of drug-likeness (QED) is 0.783. The predicted octanol–water partition coefficient (Wildman–Crippen LogP) is -0.542. The summed E-state index contributed by atoms with van der Waals surface area (Å²) >= 11 is 0. The minimum Gasteiger partial charge on any atom is -0.379 e. The Morgan fingerprint density at radius 2 is 2.06 bits per heavy atom. The van der Waals surface area contributed by atoms with Gasteiger partial charge in [-0.15, -0.1) is 5.10 Å². The molecule has 0 amide bonds. The van der Waals surface area contributed by atoms with Crippen molar-refractivity contribution < 1.29 is 4.74 Å². The van der Waals surface area contributed by atoms with Gasteiger partial charge in [0.15, 0.2) is 0 Å². The SMILES string of the molecule is COC1CCCC1Nc1nn(C)c(=O)n(C)c1=O. The van der Waals surface area contributed by atoms with Gasteiger partial charge in [-0.3, -0.25) is 9.36 Å². The van der Waals surface area contributed by atoms with Crippen LogP contribution in [0.2, 0.25) is 0 Å². The van der Waals surface area contributed by atoms with E-state index in [1.54, 1.807) is 7.11 Å². The highest BCUT2D eigenvalue weighted by Crippen LogP contribution is 2.23. The van der Waals surface area contributed by atoms with Crippen LogP contribution in [-0.4, -0.2) is 33.6 Å². The first kappa shape index (κ1) is 12.8.